The Balaban J connectivity index is 1.88. The van der Waals surface area contributed by atoms with Crippen LogP contribution in [0.15, 0.2) is 39.5 Å². The number of phenols is 1. The van der Waals surface area contributed by atoms with Gasteiger partial charge in [-0.05, 0) is 24.3 Å². The average molecular weight is 506 g/mol. The lowest BCUT2D eigenvalue weighted by Gasteiger charge is -2.39. The predicted molar refractivity (Wildman–Crippen MR) is 124 cm³/mol. The molecule has 194 valence electrons. The molecule has 12 nitrogen and oxygen atoms in total. The van der Waals surface area contributed by atoms with Gasteiger partial charge in [-0.2, -0.15) is 0 Å². The summed E-state index contributed by atoms with van der Waals surface area (Å²) in [5.41, 5.74) is -0.257. The van der Waals surface area contributed by atoms with Crippen LogP contribution in [0.25, 0.3) is 22.3 Å². The maximum absolute atomic E-state index is 13.0. The molecule has 1 fully saturated rings. The van der Waals surface area contributed by atoms with E-state index in [1.54, 1.807) is 24.3 Å². The van der Waals surface area contributed by atoms with E-state index in [0.29, 0.717) is 11.3 Å². The standard InChI is InChI=1S/C24H26O12/c1-31-11-6-4-10(5-7-11)13-8-12(26)15-17(28)21(32-2)23(22(33-3)20(15)34-13)36-24-19(30)18(29)16(27)14(9-25)35-24/h4-8,14,16,18-19,24-25,27-30H,9H2,1-3H3. The van der Waals surface area contributed by atoms with Crippen LogP contribution in [0.3, 0.4) is 0 Å². The van der Waals surface area contributed by atoms with Crippen LogP contribution < -0.4 is 24.4 Å². The Morgan fingerprint density at radius 3 is 2.14 bits per heavy atom. The van der Waals surface area contributed by atoms with Crippen molar-refractivity contribution in [1.29, 1.82) is 0 Å². The van der Waals surface area contributed by atoms with E-state index in [1.807, 2.05) is 0 Å². The largest absolute Gasteiger partial charge is 0.504 e. The number of ether oxygens (including phenoxy) is 5. The van der Waals surface area contributed by atoms with Crippen LogP contribution in [0.4, 0.5) is 0 Å². The molecule has 1 aliphatic rings. The van der Waals surface area contributed by atoms with Crippen molar-refractivity contribution in [3.63, 3.8) is 0 Å². The van der Waals surface area contributed by atoms with E-state index < -0.39 is 48.5 Å². The molecule has 1 aliphatic heterocycles. The highest BCUT2D eigenvalue weighted by molar-refractivity contribution is 5.95. The van der Waals surface area contributed by atoms with Crippen molar-refractivity contribution >= 4 is 11.0 Å². The summed E-state index contributed by atoms with van der Waals surface area (Å²) in [5, 5.41) is 50.6. The molecule has 5 N–H and O–H groups in total. The van der Waals surface area contributed by atoms with Crippen molar-refractivity contribution in [2.45, 2.75) is 30.7 Å². The van der Waals surface area contributed by atoms with Crippen molar-refractivity contribution in [2.24, 2.45) is 0 Å². The van der Waals surface area contributed by atoms with Gasteiger partial charge in [0.25, 0.3) is 0 Å². The summed E-state index contributed by atoms with van der Waals surface area (Å²) in [6, 6.07) is 7.89. The van der Waals surface area contributed by atoms with Crippen molar-refractivity contribution < 1.29 is 53.6 Å². The summed E-state index contributed by atoms with van der Waals surface area (Å²) < 4.78 is 32.9. The number of methoxy groups -OCH3 is 3. The molecule has 0 radical (unpaired) electrons. The number of hydrogen-bond acceptors (Lipinski definition) is 12. The van der Waals surface area contributed by atoms with Gasteiger partial charge >= 0.3 is 0 Å². The second-order valence-corrected chi connectivity index (χ2v) is 7.97. The van der Waals surface area contributed by atoms with Gasteiger partial charge in [0.2, 0.25) is 23.5 Å². The lowest BCUT2D eigenvalue weighted by atomic mass is 9.99. The third-order valence-electron chi connectivity index (χ3n) is 5.88. The van der Waals surface area contributed by atoms with E-state index in [2.05, 4.69) is 0 Å². The molecule has 12 heteroatoms. The highest BCUT2D eigenvalue weighted by Crippen LogP contribution is 2.51. The lowest BCUT2D eigenvalue weighted by molar-refractivity contribution is -0.277. The summed E-state index contributed by atoms with van der Waals surface area (Å²) in [4.78, 5) is 13.0. The van der Waals surface area contributed by atoms with E-state index in [0.717, 1.165) is 0 Å². The topological polar surface area (TPSA) is 178 Å². The molecule has 0 aliphatic carbocycles. The Morgan fingerprint density at radius 1 is 0.889 bits per heavy atom. The predicted octanol–water partition coefficient (Wildman–Crippen LogP) is 0.370. The average Bonchev–Trinajstić information content (AvgIpc) is 2.89. The number of rotatable bonds is 7. The number of phenolic OH excluding ortho intramolecular Hbond substituents is 1. The molecule has 4 rings (SSSR count). The highest BCUT2D eigenvalue weighted by Gasteiger charge is 2.45. The van der Waals surface area contributed by atoms with Gasteiger partial charge in [-0.25, -0.2) is 0 Å². The minimum Gasteiger partial charge on any atom is -0.504 e. The van der Waals surface area contributed by atoms with Gasteiger partial charge in [0.05, 0.1) is 27.9 Å². The molecule has 0 spiro atoms. The number of aliphatic hydroxyl groups excluding tert-OH is 4. The smallest absolute Gasteiger partial charge is 0.229 e. The summed E-state index contributed by atoms with van der Waals surface area (Å²) in [5.74, 6) is -0.703. The zero-order valence-electron chi connectivity index (χ0n) is 19.6. The minimum atomic E-state index is -1.76. The molecule has 5 unspecified atom stereocenters. The van der Waals surface area contributed by atoms with Crippen LogP contribution in [0, 0.1) is 0 Å². The number of hydrogen-bond donors (Lipinski definition) is 5. The molecule has 0 saturated carbocycles. The first kappa shape index (κ1) is 25.5. The van der Waals surface area contributed by atoms with Gasteiger partial charge in [0, 0.05) is 11.6 Å². The zero-order valence-corrected chi connectivity index (χ0v) is 19.6. The fraction of sp³-hybridized carbons (Fsp3) is 0.375. The Labute approximate surface area is 204 Å². The van der Waals surface area contributed by atoms with Crippen molar-refractivity contribution in [2.75, 3.05) is 27.9 Å². The maximum Gasteiger partial charge on any atom is 0.229 e. The lowest BCUT2D eigenvalue weighted by Crippen LogP contribution is -2.60. The van der Waals surface area contributed by atoms with E-state index in [1.165, 1.54) is 27.4 Å². The second kappa shape index (κ2) is 10.2. The molecule has 1 aromatic heterocycles. The number of benzene rings is 2. The summed E-state index contributed by atoms with van der Waals surface area (Å²) in [7, 11) is 3.97. The molecular weight excluding hydrogens is 480 g/mol. The van der Waals surface area contributed by atoms with Gasteiger partial charge in [0.15, 0.2) is 16.8 Å². The van der Waals surface area contributed by atoms with Crippen LogP contribution in [-0.2, 0) is 4.74 Å². The van der Waals surface area contributed by atoms with Crippen molar-refractivity contribution in [3.05, 3.63) is 40.6 Å². The van der Waals surface area contributed by atoms with Gasteiger partial charge in [0.1, 0.15) is 41.3 Å². The molecule has 1 saturated heterocycles. The first-order chi connectivity index (χ1) is 17.2. The number of fused-ring (bicyclic) bond motifs is 1. The molecule has 2 heterocycles. The maximum atomic E-state index is 13.0. The summed E-state index contributed by atoms with van der Waals surface area (Å²) in [6.07, 6.45) is -7.96. The van der Waals surface area contributed by atoms with Crippen LogP contribution in [0.1, 0.15) is 0 Å². The van der Waals surface area contributed by atoms with Gasteiger partial charge in [-0.15, -0.1) is 0 Å². The molecule has 5 atom stereocenters. The van der Waals surface area contributed by atoms with E-state index in [4.69, 9.17) is 28.1 Å². The molecule has 3 aromatic rings. The molecule has 0 amide bonds. The van der Waals surface area contributed by atoms with Gasteiger partial charge in [-0.1, -0.05) is 0 Å². The monoisotopic (exact) mass is 506 g/mol. The Kier molecular flexibility index (Phi) is 7.24. The Hall–Kier alpha value is -3.55. The fourth-order valence-electron chi connectivity index (χ4n) is 3.97. The quantitative estimate of drug-likeness (QED) is 0.298. The van der Waals surface area contributed by atoms with E-state index in [-0.39, 0.29) is 34.0 Å². The third-order valence-corrected chi connectivity index (χ3v) is 5.88. The zero-order chi connectivity index (χ0) is 26.1. The number of aliphatic hydroxyl groups is 4. The molecule has 2 aromatic carbocycles. The first-order valence-corrected chi connectivity index (χ1v) is 10.8. The van der Waals surface area contributed by atoms with Crippen LogP contribution in [0.2, 0.25) is 0 Å². The van der Waals surface area contributed by atoms with Crippen molar-refractivity contribution in [3.8, 4) is 40.1 Å². The van der Waals surface area contributed by atoms with Gasteiger partial charge in [-0.3, -0.25) is 4.79 Å². The Bertz CT molecular complexity index is 1280. The van der Waals surface area contributed by atoms with Gasteiger partial charge < -0.3 is 53.6 Å². The highest BCUT2D eigenvalue weighted by atomic mass is 16.7. The fourth-order valence-corrected chi connectivity index (χ4v) is 3.97. The number of aromatic hydroxyl groups is 1. The van der Waals surface area contributed by atoms with Crippen LogP contribution in [-0.4, -0.2) is 84.2 Å². The molecule has 0 bridgehead atoms. The summed E-state index contributed by atoms with van der Waals surface area (Å²) >= 11 is 0. The minimum absolute atomic E-state index is 0.150. The van der Waals surface area contributed by atoms with Crippen molar-refractivity contribution in [1.82, 2.24) is 0 Å². The first-order valence-electron chi connectivity index (χ1n) is 10.8. The Morgan fingerprint density at radius 2 is 1.56 bits per heavy atom. The van der Waals surface area contributed by atoms with E-state index >= 15 is 0 Å². The molecule has 36 heavy (non-hydrogen) atoms. The third kappa shape index (κ3) is 4.29. The van der Waals surface area contributed by atoms with Crippen LogP contribution in [0.5, 0.6) is 28.7 Å². The SMILES string of the molecule is COc1ccc(-c2cc(=O)c3c(O)c(OC)c(OC4OC(CO)C(O)C(O)C4O)c(OC)c3o2)cc1. The molecular formula is C24H26O12. The summed E-state index contributed by atoms with van der Waals surface area (Å²) in [6.45, 7) is -0.678. The normalized spacial score (nSPS) is 23.9. The van der Waals surface area contributed by atoms with Crippen LogP contribution >= 0.6 is 0 Å². The van der Waals surface area contributed by atoms with E-state index in [9.17, 15) is 30.3 Å². The second-order valence-electron chi connectivity index (χ2n) is 7.97.